The second kappa shape index (κ2) is 5.75. The van der Waals surface area contributed by atoms with Crippen LogP contribution >= 0.6 is 11.8 Å². The number of carbonyl (C=O) groups is 1. The third-order valence-electron chi connectivity index (χ3n) is 1.82. The Hall–Kier alpha value is -1.04. The molecular weight excluding hydrogens is 214 g/mol. The summed E-state index contributed by atoms with van der Waals surface area (Å²) in [4.78, 5) is 11.3. The number of carbonyl (C=O) groups excluding carboxylic acids is 1. The van der Waals surface area contributed by atoms with Crippen molar-refractivity contribution in [1.82, 2.24) is 14.8 Å². The molecule has 1 rings (SSSR count). The van der Waals surface area contributed by atoms with Gasteiger partial charge in [0.15, 0.2) is 5.16 Å². The molecule has 0 aliphatic heterocycles. The summed E-state index contributed by atoms with van der Waals surface area (Å²) in [6, 6.07) is 0. The van der Waals surface area contributed by atoms with E-state index in [1.807, 2.05) is 18.5 Å². The monoisotopic (exact) mass is 229 g/mol. The van der Waals surface area contributed by atoms with Crippen LogP contribution in [0.25, 0.3) is 0 Å². The number of thioether (sulfide) groups is 1. The zero-order valence-electron chi connectivity index (χ0n) is 9.14. The average molecular weight is 229 g/mol. The Labute approximate surface area is 93.2 Å². The molecule has 6 heteroatoms. The summed E-state index contributed by atoms with van der Waals surface area (Å²) in [5.41, 5.74) is 0. The maximum absolute atomic E-state index is 11.3. The van der Waals surface area contributed by atoms with Crippen LogP contribution in [0.4, 0.5) is 0 Å². The van der Waals surface area contributed by atoms with E-state index < -0.39 is 0 Å². The fraction of sp³-hybridized carbons (Fsp3) is 0.667. The van der Waals surface area contributed by atoms with E-state index in [1.165, 1.54) is 11.8 Å². The van der Waals surface area contributed by atoms with Crippen LogP contribution < -0.4 is 0 Å². The predicted octanol–water partition coefficient (Wildman–Crippen LogP) is 1.11. The molecule has 84 valence electrons. The lowest BCUT2D eigenvalue weighted by molar-refractivity contribution is -0.146. The molecular formula is C9H15N3O2S. The van der Waals surface area contributed by atoms with Crippen molar-refractivity contribution in [1.29, 1.82) is 0 Å². The summed E-state index contributed by atoms with van der Waals surface area (Å²) in [6.07, 6.45) is 1.64. The minimum absolute atomic E-state index is 0.119. The molecule has 1 aromatic heterocycles. The van der Waals surface area contributed by atoms with Crippen molar-refractivity contribution in [3.05, 3.63) is 6.33 Å². The second-order valence-corrected chi connectivity index (χ2v) is 4.18. The molecule has 0 amide bonds. The van der Waals surface area contributed by atoms with Crippen molar-refractivity contribution in [3.63, 3.8) is 0 Å². The van der Waals surface area contributed by atoms with Crippen LogP contribution in [0.5, 0.6) is 0 Å². The van der Waals surface area contributed by atoms with Gasteiger partial charge in [0, 0.05) is 12.8 Å². The first-order chi connectivity index (χ1) is 7.15. The SMILES string of the molecule is CCOC(=O)C(C)CSc1nncn1C. The standard InChI is InChI=1S/C9H15N3O2S/c1-4-14-8(13)7(2)5-15-9-11-10-6-12(9)3/h6-7H,4-5H2,1-3H3. The van der Waals surface area contributed by atoms with Crippen molar-refractivity contribution in [3.8, 4) is 0 Å². The van der Waals surface area contributed by atoms with E-state index >= 15 is 0 Å². The van der Waals surface area contributed by atoms with Crippen molar-refractivity contribution in [2.45, 2.75) is 19.0 Å². The number of aryl methyl sites for hydroxylation is 1. The summed E-state index contributed by atoms with van der Waals surface area (Å²) in [5.74, 6) is 0.379. The van der Waals surface area contributed by atoms with E-state index in [-0.39, 0.29) is 11.9 Å². The largest absolute Gasteiger partial charge is 0.466 e. The van der Waals surface area contributed by atoms with E-state index in [2.05, 4.69) is 10.2 Å². The van der Waals surface area contributed by atoms with Crippen molar-refractivity contribution >= 4 is 17.7 Å². The van der Waals surface area contributed by atoms with Crippen LogP contribution in [0.15, 0.2) is 11.5 Å². The molecule has 1 atom stereocenters. The van der Waals surface area contributed by atoms with Gasteiger partial charge in [-0.25, -0.2) is 0 Å². The second-order valence-electron chi connectivity index (χ2n) is 3.19. The highest BCUT2D eigenvalue weighted by molar-refractivity contribution is 7.99. The lowest BCUT2D eigenvalue weighted by Crippen LogP contribution is -2.16. The number of rotatable bonds is 5. The van der Waals surface area contributed by atoms with Gasteiger partial charge in [0.2, 0.25) is 0 Å². The molecule has 0 aliphatic carbocycles. The van der Waals surface area contributed by atoms with Gasteiger partial charge in [-0.3, -0.25) is 4.79 Å². The smallest absolute Gasteiger partial charge is 0.309 e. The van der Waals surface area contributed by atoms with E-state index in [9.17, 15) is 4.79 Å². The highest BCUT2D eigenvalue weighted by Gasteiger charge is 2.15. The summed E-state index contributed by atoms with van der Waals surface area (Å²) in [5, 5.41) is 8.48. The molecule has 0 N–H and O–H groups in total. The lowest BCUT2D eigenvalue weighted by atomic mass is 10.2. The molecule has 0 radical (unpaired) electrons. The van der Waals surface area contributed by atoms with Gasteiger partial charge in [-0.05, 0) is 6.92 Å². The summed E-state index contributed by atoms with van der Waals surface area (Å²) < 4.78 is 6.73. The topological polar surface area (TPSA) is 57.0 Å². The highest BCUT2D eigenvalue weighted by atomic mass is 32.2. The number of aromatic nitrogens is 3. The molecule has 0 aromatic carbocycles. The first-order valence-corrected chi connectivity index (χ1v) is 5.77. The Bertz CT molecular complexity index is 327. The van der Waals surface area contributed by atoms with Crippen molar-refractivity contribution in [2.24, 2.45) is 13.0 Å². The first-order valence-electron chi connectivity index (χ1n) is 4.78. The van der Waals surface area contributed by atoms with Crippen LogP contribution in [0.2, 0.25) is 0 Å². The van der Waals surface area contributed by atoms with E-state index in [4.69, 9.17) is 4.74 Å². The molecule has 1 unspecified atom stereocenters. The fourth-order valence-electron chi connectivity index (χ4n) is 0.955. The first kappa shape index (κ1) is 12.0. The number of hydrogen-bond donors (Lipinski definition) is 0. The van der Waals surface area contributed by atoms with Crippen LogP contribution in [0.3, 0.4) is 0 Å². The van der Waals surface area contributed by atoms with E-state index in [0.29, 0.717) is 12.4 Å². The normalized spacial score (nSPS) is 12.5. The van der Waals surface area contributed by atoms with Gasteiger partial charge in [0.05, 0.1) is 12.5 Å². The third-order valence-corrected chi connectivity index (χ3v) is 3.12. The van der Waals surface area contributed by atoms with Gasteiger partial charge < -0.3 is 9.30 Å². The molecule has 15 heavy (non-hydrogen) atoms. The quantitative estimate of drug-likeness (QED) is 0.559. The average Bonchev–Trinajstić information content (AvgIpc) is 2.61. The molecule has 1 aromatic rings. The zero-order chi connectivity index (χ0) is 11.3. The third kappa shape index (κ3) is 3.54. The zero-order valence-corrected chi connectivity index (χ0v) is 9.95. The van der Waals surface area contributed by atoms with Crippen LogP contribution in [-0.4, -0.2) is 33.1 Å². The molecule has 0 saturated heterocycles. The molecule has 0 fully saturated rings. The summed E-state index contributed by atoms with van der Waals surface area (Å²) in [7, 11) is 1.87. The van der Waals surface area contributed by atoms with Crippen molar-refractivity contribution < 1.29 is 9.53 Å². The van der Waals surface area contributed by atoms with Gasteiger partial charge in [-0.1, -0.05) is 18.7 Å². The Balaban J connectivity index is 2.37. The van der Waals surface area contributed by atoms with Crippen molar-refractivity contribution in [2.75, 3.05) is 12.4 Å². The Morgan fingerprint density at radius 3 is 3.00 bits per heavy atom. The summed E-state index contributed by atoms with van der Waals surface area (Å²) >= 11 is 1.50. The molecule has 0 bridgehead atoms. The van der Waals surface area contributed by atoms with Gasteiger partial charge in [0.1, 0.15) is 6.33 Å². The highest BCUT2D eigenvalue weighted by Crippen LogP contribution is 2.17. The fourth-order valence-corrected chi connectivity index (χ4v) is 1.85. The minimum Gasteiger partial charge on any atom is -0.466 e. The molecule has 5 nitrogen and oxygen atoms in total. The van der Waals surface area contributed by atoms with Crippen LogP contribution in [0.1, 0.15) is 13.8 Å². The number of esters is 1. The predicted molar refractivity (Wildman–Crippen MR) is 57.5 cm³/mol. The molecule has 0 spiro atoms. The maximum Gasteiger partial charge on any atom is 0.309 e. The van der Waals surface area contributed by atoms with E-state index in [1.54, 1.807) is 13.3 Å². The Morgan fingerprint density at radius 1 is 1.73 bits per heavy atom. The van der Waals surface area contributed by atoms with Crippen LogP contribution in [0, 0.1) is 5.92 Å². The molecule has 0 aliphatic rings. The Morgan fingerprint density at radius 2 is 2.47 bits per heavy atom. The molecule has 0 saturated carbocycles. The van der Waals surface area contributed by atoms with Gasteiger partial charge in [-0.15, -0.1) is 10.2 Å². The maximum atomic E-state index is 11.3. The molecule has 1 heterocycles. The number of nitrogens with zero attached hydrogens (tertiary/aromatic N) is 3. The van der Waals surface area contributed by atoms with E-state index in [0.717, 1.165) is 5.16 Å². The summed E-state index contributed by atoms with van der Waals surface area (Å²) in [6.45, 7) is 4.08. The number of ether oxygens (including phenoxy) is 1. The van der Waals surface area contributed by atoms with Gasteiger partial charge in [-0.2, -0.15) is 0 Å². The lowest BCUT2D eigenvalue weighted by Gasteiger charge is -2.08. The van der Waals surface area contributed by atoms with Crippen LogP contribution in [-0.2, 0) is 16.6 Å². The number of hydrogen-bond acceptors (Lipinski definition) is 5. The van der Waals surface area contributed by atoms with Gasteiger partial charge >= 0.3 is 5.97 Å². The Kier molecular flexibility index (Phi) is 4.61. The van der Waals surface area contributed by atoms with Gasteiger partial charge in [0.25, 0.3) is 0 Å². The minimum atomic E-state index is -0.160.